The second-order valence-corrected chi connectivity index (χ2v) is 7.07. The quantitative estimate of drug-likeness (QED) is 0.822. The lowest BCUT2D eigenvalue weighted by Gasteiger charge is -2.03. The minimum atomic E-state index is 0.585. The number of nitrogens with zero attached hydrogens (tertiary/aromatic N) is 4. The molecule has 0 fully saturated rings. The van der Waals surface area contributed by atoms with Gasteiger partial charge in [-0.3, -0.25) is 0 Å². The van der Waals surface area contributed by atoms with E-state index >= 15 is 0 Å². The maximum atomic E-state index is 4.55. The molecule has 0 aliphatic carbocycles. The third-order valence-electron chi connectivity index (χ3n) is 3.03. The average molecular weight is 296 g/mol. The molecule has 0 saturated heterocycles. The summed E-state index contributed by atoms with van der Waals surface area (Å²) >= 11 is 3.63. The molecule has 0 aliphatic rings. The largest absolute Gasteiger partial charge is 0.247 e. The van der Waals surface area contributed by atoms with Gasteiger partial charge in [0.15, 0.2) is 0 Å². The van der Waals surface area contributed by atoms with Crippen molar-refractivity contribution in [2.24, 2.45) is 0 Å². The Balaban J connectivity index is 2.04. The molecular formula is C13H20N4S2. The minimum Gasteiger partial charge on any atom is -0.247 e. The molecule has 0 amide bonds. The van der Waals surface area contributed by atoms with Crippen LogP contribution in [0.1, 0.15) is 35.1 Å². The van der Waals surface area contributed by atoms with E-state index < -0.39 is 0 Å². The third kappa shape index (κ3) is 3.79. The van der Waals surface area contributed by atoms with E-state index in [0.29, 0.717) is 5.25 Å². The zero-order chi connectivity index (χ0) is 13.8. The highest BCUT2D eigenvalue weighted by molar-refractivity contribution is 7.99. The number of hydrogen-bond donors (Lipinski definition) is 0. The monoisotopic (exact) mass is 296 g/mol. The fourth-order valence-corrected chi connectivity index (χ4v) is 3.16. The van der Waals surface area contributed by atoms with Gasteiger partial charge >= 0.3 is 0 Å². The molecule has 19 heavy (non-hydrogen) atoms. The van der Waals surface area contributed by atoms with E-state index in [1.54, 1.807) is 11.3 Å². The molecule has 0 unspecified atom stereocenters. The molecule has 0 saturated carbocycles. The molecule has 2 rings (SSSR count). The Kier molecular flexibility index (Phi) is 4.99. The van der Waals surface area contributed by atoms with Gasteiger partial charge < -0.3 is 0 Å². The normalized spacial score (nSPS) is 12.8. The van der Waals surface area contributed by atoms with E-state index in [4.69, 9.17) is 0 Å². The number of aromatic nitrogens is 4. The SMILES string of the molecule is CCc1nc(C)c(Cn2cc(C[C@@H](C)SC)nn2)s1. The van der Waals surface area contributed by atoms with Crippen LogP contribution in [-0.4, -0.2) is 31.5 Å². The lowest BCUT2D eigenvalue weighted by atomic mass is 10.3. The molecule has 6 heteroatoms. The maximum absolute atomic E-state index is 4.55. The van der Waals surface area contributed by atoms with Crippen LogP contribution >= 0.6 is 23.1 Å². The predicted octanol–water partition coefficient (Wildman–Crippen LogP) is 2.95. The van der Waals surface area contributed by atoms with E-state index in [9.17, 15) is 0 Å². The molecule has 2 heterocycles. The van der Waals surface area contributed by atoms with Crippen LogP contribution in [0.3, 0.4) is 0 Å². The molecule has 0 N–H and O–H groups in total. The van der Waals surface area contributed by atoms with E-state index in [-0.39, 0.29) is 0 Å². The zero-order valence-electron chi connectivity index (χ0n) is 11.9. The van der Waals surface area contributed by atoms with Gasteiger partial charge in [0, 0.05) is 22.7 Å². The van der Waals surface area contributed by atoms with Gasteiger partial charge in [-0.15, -0.1) is 16.4 Å². The average Bonchev–Trinajstić information content (AvgIpc) is 2.97. The molecule has 2 aromatic heterocycles. The maximum Gasteiger partial charge on any atom is 0.0928 e. The summed E-state index contributed by atoms with van der Waals surface area (Å²) in [6.45, 7) is 7.20. The van der Waals surface area contributed by atoms with E-state index in [1.165, 1.54) is 9.88 Å². The summed E-state index contributed by atoms with van der Waals surface area (Å²) in [4.78, 5) is 5.83. The van der Waals surface area contributed by atoms with Crippen molar-refractivity contribution in [3.05, 3.63) is 27.5 Å². The van der Waals surface area contributed by atoms with Crippen molar-refractivity contribution in [1.29, 1.82) is 0 Å². The van der Waals surface area contributed by atoms with Gasteiger partial charge in [0.25, 0.3) is 0 Å². The van der Waals surface area contributed by atoms with Crippen molar-refractivity contribution >= 4 is 23.1 Å². The third-order valence-corrected chi connectivity index (χ3v) is 5.29. The summed E-state index contributed by atoms with van der Waals surface area (Å²) in [6, 6.07) is 0. The van der Waals surface area contributed by atoms with Crippen molar-refractivity contribution < 1.29 is 0 Å². The molecule has 1 atom stereocenters. The van der Waals surface area contributed by atoms with Gasteiger partial charge in [-0.25, -0.2) is 9.67 Å². The second-order valence-electron chi connectivity index (χ2n) is 4.63. The Morgan fingerprint density at radius 2 is 2.26 bits per heavy atom. The van der Waals surface area contributed by atoms with Crippen LogP contribution in [0.25, 0.3) is 0 Å². The first-order valence-electron chi connectivity index (χ1n) is 6.49. The molecule has 104 valence electrons. The van der Waals surface area contributed by atoms with Gasteiger partial charge in [-0.1, -0.05) is 19.1 Å². The van der Waals surface area contributed by atoms with E-state index in [0.717, 1.165) is 30.8 Å². The number of aryl methyl sites for hydroxylation is 2. The second kappa shape index (κ2) is 6.52. The van der Waals surface area contributed by atoms with Crippen molar-refractivity contribution in [3.63, 3.8) is 0 Å². The summed E-state index contributed by atoms with van der Waals surface area (Å²) in [5.74, 6) is 0. The number of hydrogen-bond acceptors (Lipinski definition) is 5. The molecule has 0 radical (unpaired) electrons. The number of thiazole rings is 1. The lowest BCUT2D eigenvalue weighted by Crippen LogP contribution is -2.01. The van der Waals surface area contributed by atoms with Crippen LogP contribution in [-0.2, 0) is 19.4 Å². The Hall–Kier alpha value is -0.880. The van der Waals surface area contributed by atoms with Crippen molar-refractivity contribution in [2.75, 3.05) is 6.26 Å². The summed E-state index contributed by atoms with van der Waals surface area (Å²) in [7, 11) is 0. The first-order valence-corrected chi connectivity index (χ1v) is 8.59. The van der Waals surface area contributed by atoms with Crippen molar-refractivity contribution in [3.8, 4) is 0 Å². The lowest BCUT2D eigenvalue weighted by molar-refractivity contribution is 0.652. The molecule has 4 nitrogen and oxygen atoms in total. The minimum absolute atomic E-state index is 0.585. The highest BCUT2D eigenvalue weighted by Gasteiger charge is 2.10. The topological polar surface area (TPSA) is 43.6 Å². The highest BCUT2D eigenvalue weighted by Crippen LogP contribution is 2.19. The number of rotatable bonds is 6. The van der Waals surface area contributed by atoms with Crippen LogP contribution in [0.5, 0.6) is 0 Å². The molecule has 0 bridgehead atoms. The van der Waals surface area contributed by atoms with Gasteiger partial charge in [0.2, 0.25) is 0 Å². The van der Waals surface area contributed by atoms with Gasteiger partial charge in [0.05, 0.1) is 22.9 Å². The van der Waals surface area contributed by atoms with Crippen molar-refractivity contribution in [2.45, 2.75) is 45.4 Å². The first-order chi connectivity index (χ1) is 9.12. The summed E-state index contributed by atoms with van der Waals surface area (Å²) in [5, 5.41) is 10.2. The fourth-order valence-electron chi connectivity index (χ4n) is 1.82. The summed E-state index contributed by atoms with van der Waals surface area (Å²) in [5.41, 5.74) is 2.19. The van der Waals surface area contributed by atoms with Gasteiger partial charge in [0.1, 0.15) is 0 Å². The Morgan fingerprint density at radius 3 is 2.89 bits per heavy atom. The standard InChI is InChI=1S/C13H20N4S2/c1-5-13-14-10(3)12(19-13)8-17-7-11(15-16-17)6-9(2)18-4/h7,9H,5-6,8H2,1-4H3/t9-/m1/s1. The number of thioether (sulfide) groups is 1. The highest BCUT2D eigenvalue weighted by atomic mass is 32.2. The Labute approximate surface area is 122 Å². The van der Waals surface area contributed by atoms with E-state index in [1.807, 2.05) is 16.4 Å². The molecule has 0 aliphatic heterocycles. The fraction of sp³-hybridized carbons (Fsp3) is 0.615. The smallest absolute Gasteiger partial charge is 0.0928 e. The van der Waals surface area contributed by atoms with Crippen LogP contribution in [0, 0.1) is 6.92 Å². The van der Waals surface area contributed by atoms with Crippen LogP contribution < -0.4 is 0 Å². The van der Waals surface area contributed by atoms with Crippen LogP contribution in [0.2, 0.25) is 0 Å². The van der Waals surface area contributed by atoms with Gasteiger partial charge in [-0.2, -0.15) is 11.8 Å². The summed E-state index contributed by atoms with van der Waals surface area (Å²) < 4.78 is 1.92. The molecular weight excluding hydrogens is 276 g/mol. The Morgan fingerprint density at radius 1 is 1.47 bits per heavy atom. The predicted molar refractivity (Wildman–Crippen MR) is 82.0 cm³/mol. The molecule has 2 aromatic rings. The van der Waals surface area contributed by atoms with Gasteiger partial charge in [-0.05, 0) is 19.6 Å². The first kappa shape index (κ1) is 14.5. The van der Waals surface area contributed by atoms with Crippen LogP contribution in [0.4, 0.5) is 0 Å². The Bertz CT molecular complexity index is 532. The van der Waals surface area contributed by atoms with E-state index in [2.05, 4.69) is 48.5 Å². The molecule has 0 aromatic carbocycles. The summed E-state index contributed by atoms with van der Waals surface area (Å²) in [6.07, 6.45) is 6.15. The van der Waals surface area contributed by atoms with Crippen LogP contribution in [0.15, 0.2) is 6.20 Å². The van der Waals surface area contributed by atoms with Crippen molar-refractivity contribution in [1.82, 2.24) is 20.0 Å². The molecule has 0 spiro atoms. The zero-order valence-corrected chi connectivity index (χ0v) is 13.5.